The van der Waals surface area contributed by atoms with E-state index in [1.807, 2.05) is 0 Å². The van der Waals surface area contributed by atoms with Gasteiger partial charge in [0.05, 0.1) is 12.5 Å². The molecule has 80 valence electrons. The fraction of sp³-hybridized carbons (Fsp3) is 0.750. The number of carboxylic acid groups (broad SMARTS) is 1. The van der Waals surface area contributed by atoms with Crippen LogP contribution in [0.25, 0.3) is 0 Å². The van der Waals surface area contributed by atoms with Gasteiger partial charge in [-0.05, 0) is 13.8 Å². The van der Waals surface area contributed by atoms with Crippen molar-refractivity contribution in [2.75, 3.05) is 0 Å². The molecule has 1 aliphatic rings. The Morgan fingerprint density at radius 1 is 1.71 bits per heavy atom. The molecule has 6 nitrogen and oxygen atoms in total. The van der Waals surface area contributed by atoms with E-state index in [1.54, 1.807) is 13.8 Å². The van der Waals surface area contributed by atoms with E-state index in [0.717, 1.165) is 0 Å². The molecule has 2 N–H and O–H groups in total. The molecule has 6 heteroatoms. The van der Waals surface area contributed by atoms with Gasteiger partial charge in [-0.2, -0.15) is 0 Å². The van der Waals surface area contributed by atoms with Crippen molar-refractivity contribution in [1.29, 1.82) is 0 Å². The van der Waals surface area contributed by atoms with E-state index in [4.69, 9.17) is 14.6 Å². The van der Waals surface area contributed by atoms with Crippen molar-refractivity contribution in [2.45, 2.75) is 38.7 Å². The zero-order valence-corrected chi connectivity index (χ0v) is 8.02. The van der Waals surface area contributed by atoms with Crippen LogP contribution in [0.15, 0.2) is 0 Å². The third kappa shape index (κ3) is 2.88. The highest BCUT2D eigenvalue weighted by Gasteiger charge is 2.37. The molecular weight excluding hydrogens is 190 g/mol. The Balaban J connectivity index is 2.53. The normalized spacial score (nSPS) is 26.4. The van der Waals surface area contributed by atoms with E-state index in [0.29, 0.717) is 0 Å². The van der Waals surface area contributed by atoms with Gasteiger partial charge in [0.1, 0.15) is 6.04 Å². The summed E-state index contributed by atoms with van der Waals surface area (Å²) in [4.78, 5) is 21.3. The Kier molecular flexibility index (Phi) is 3.29. The van der Waals surface area contributed by atoms with Gasteiger partial charge in [0.15, 0.2) is 0 Å². The van der Waals surface area contributed by atoms with Crippen LogP contribution < -0.4 is 5.32 Å². The fourth-order valence-electron chi connectivity index (χ4n) is 1.20. The van der Waals surface area contributed by atoms with Gasteiger partial charge in [-0.25, -0.2) is 4.79 Å². The van der Waals surface area contributed by atoms with E-state index in [1.165, 1.54) is 0 Å². The molecule has 0 aromatic carbocycles. The van der Waals surface area contributed by atoms with Crippen molar-refractivity contribution in [3.8, 4) is 0 Å². The predicted molar refractivity (Wildman–Crippen MR) is 45.7 cm³/mol. The third-order valence-corrected chi connectivity index (χ3v) is 1.68. The van der Waals surface area contributed by atoms with Crippen LogP contribution in [-0.4, -0.2) is 35.6 Å². The predicted octanol–water partition coefficient (Wildman–Crippen LogP) is 0.321. The van der Waals surface area contributed by atoms with Crippen molar-refractivity contribution < 1.29 is 24.2 Å². The lowest BCUT2D eigenvalue weighted by Crippen LogP contribution is -2.41. The number of esters is 1. The van der Waals surface area contributed by atoms with Crippen LogP contribution in [0.3, 0.4) is 0 Å². The van der Waals surface area contributed by atoms with Gasteiger partial charge in [0.2, 0.25) is 6.29 Å². The molecule has 0 bridgehead atoms. The summed E-state index contributed by atoms with van der Waals surface area (Å²) in [6, 6.07) is -0.609. The van der Waals surface area contributed by atoms with Crippen LogP contribution in [0.2, 0.25) is 0 Å². The Morgan fingerprint density at radius 2 is 2.36 bits per heavy atom. The standard InChI is InChI=1S/C8H13NO5/c1-4(2)13-7-5(9-8(11)12)3-6(10)14-7/h4-5,7,9H,3H2,1-2H3,(H,11,12). The van der Waals surface area contributed by atoms with Crippen LogP contribution in [0.4, 0.5) is 4.79 Å². The number of cyclic esters (lactones) is 1. The van der Waals surface area contributed by atoms with Crippen molar-refractivity contribution in [1.82, 2.24) is 5.32 Å². The second-order valence-electron chi connectivity index (χ2n) is 3.30. The maximum absolute atomic E-state index is 10.9. The second-order valence-corrected chi connectivity index (χ2v) is 3.30. The summed E-state index contributed by atoms with van der Waals surface area (Å²) in [5.41, 5.74) is 0. The molecule has 1 heterocycles. The summed E-state index contributed by atoms with van der Waals surface area (Å²) in [6.45, 7) is 3.56. The summed E-state index contributed by atoms with van der Waals surface area (Å²) < 4.78 is 10.0. The van der Waals surface area contributed by atoms with Gasteiger partial charge in [0.25, 0.3) is 0 Å². The Labute approximate surface area is 81.2 Å². The first-order valence-electron chi connectivity index (χ1n) is 4.33. The monoisotopic (exact) mass is 203 g/mol. The van der Waals surface area contributed by atoms with Crippen LogP contribution in [0.5, 0.6) is 0 Å². The highest BCUT2D eigenvalue weighted by atomic mass is 16.7. The fourth-order valence-corrected chi connectivity index (χ4v) is 1.20. The molecule has 0 aliphatic carbocycles. The molecule has 0 spiro atoms. The zero-order valence-electron chi connectivity index (χ0n) is 8.02. The summed E-state index contributed by atoms with van der Waals surface area (Å²) in [5.74, 6) is -0.450. The number of hydrogen-bond acceptors (Lipinski definition) is 4. The molecule has 1 saturated heterocycles. The van der Waals surface area contributed by atoms with Crippen LogP contribution in [-0.2, 0) is 14.3 Å². The first-order chi connectivity index (χ1) is 6.49. The average Bonchev–Trinajstić information content (AvgIpc) is 2.28. The van der Waals surface area contributed by atoms with Gasteiger partial charge in [-0.3, -0.25) is 4.79 Å². The Hall–Kier alpha value is -1.30. The molecule has 1 amide bonds. The van der Waals surface area contributed by atoms with E-state index >= 15 is 0 Å². The first kappa shape index (κ1) is 10.8. The summed E-state index contributed by atoms with van der Waals surface area (Å²) in [7, 11) is 0. The molecule has 0 aromatic rings. The van der Waals surface area contributed by atoms with E-state index < -0.39 is 24.4 Å². The van der Waals surface area contributed by atoms with Crippen molar-refractivity contribution >= 4 is 12.1 Å². The number of carbonyl (C=O) groups excluding carboxylic acids is 1. The van der Waals surface area contributed by atoms with Crippen LogP contribution >= 0.6 is 0 Å². The zero-order chi connectivity index (χ0) is 10.7. The lowest BCUT2D eigenvalue weighted by Gasteiger charge is -2.19. The number of rotatable bonds is 3. The SMILES string of the molecule is CC(C)OC1OC(=O)CC1NC(=O)O. The number of nitrogens with one attached hydrogen (secondary N) is 1. The van der Waals surface area contributed by atoms with Crippen LogP contribution in [0, 0.1) is 0 Å². The highest BCUT2D eigenvalue weighted by Crippen LogP contribution is 2.17. The minimum Gasteiger partial charge on any atom is -0.465 e. The summed E-state index contributed by atoms with van der Waals surface area (Å²) in [5, 5.41) is 10.7. The summed E-state index contributed by atoms with van der Waals surface area (Å²) >= 11 is 0. The maximum atomic E-state index is 10.9. The van der Waals surface area contributed by atoms with Gasteiger partial charge >= 0.3 is 12.1 Å². The first-order valence-corrected chi connectivity index (χ1v) is 4.33. The topological polar surface area (TPSA) is 84.9 Å². The number of amides is 1. The van der Waals surface area contributed by atoms with E-state index in [9.17, 15) is 9.59 Å². The van der Waals surface area contributed by atoms with Gasteiger partial charge in [-0.1, -0.05) is 0 Å². The smallest absolute Gasteiger partial charge is 0.405 e. The minimum atomic E-state index is -1.19. The van der Waals surface area contributed by atoms with E-state index in [-0.39, 0.29) is 12.5 Å². The second kappa shape index (κ2) is 4.28. The molecular formula is C8H13NO5. The van der Waals surface area contributed by atoms with E-state index in [2.05, 4.69) is 5.32 Å². The van der Waals surface area contributed by atoms with Gasteiger partial charge in [0, 0.05) is 0 Å². The third-order valence-electron chi connectivity index (χ3n) is 1.68. The molecule has 0 aromatic heterocycles. The van der Waals surface area contributed by atoms with Crippen LogP contribution in [0.1, 0.15) is 20.3 Å². The molecule has 0 radical (unpaired) electrons. The quantitative estimate of drug-likeness (QED) is 0.645. The highest BCUT2D eigenvalue weighted by molar-refractivity contribution is 5.74. The van der Waals surface area contributed by atoms with Crippen molar-refractivity contribution in [3.63, 3.8) is 0 Å². The largest absolute Gasteiger partial charge is 0.465 e. The maximum Gasteiger partial charge on any atom is 0.405 e. The minimum absolute atomic E-state index is 0.0175. The molecule has 2 unspecified atom stereocenters. The Morgan fingerprint density at radius 3 is 2.86 bits per heavy atom. The Bertz CT molecular complexity index is 240. The molecule has 1 fully saturated rings. The van der Waals surface area contributed by atoms with Crippen molar-refractivity contribution in [3.05, 3.63) is 0 Å². The van der Waals surface area contributed by atoms with Gasteiger partial charge in [-0.15, -0.1) is 0 Å². The average molecular weight is 203 g/mol. The lowest BCUT2D eigenvalue weighted by atomic mass is 10.2. The molecule has 1 aliphatic heterocycles. The van der Waals surface area contributed by atoms with Crippen molar-refractivity contribution in [2.24, 2.45) is 0 Å². The van der Waals surface area contributed by atoms with Gasteiger partial charge < -0.3 is 19.9 Å². The molecule has 0 saturated carbocycles. The number of carbonyl (C=O) groups is 2. The molecule has 2 atom stereocenters. The lowest BCUT2D eigenvalue weighted by molar-refractivity contribution is -0.171. The summed E-state index contributed by atoms with van der Waals surface area (Å²) in [6.07, 6.45) is -2.10. The number of ether oxygens (including phenoxy) is 2. The molecule has 1 rings (SSSR count). The number of hydrogen-bond donors (Lipinski definition) is 2. The molecule has 14 heavy (non-hydrogen) atoms.